The summed E-state index contributed by atoms with van der Waals surface area (Å²) in [4.78, 5) is 18.8. The summed E-state index contributed by atoms with van der Waals surface area (Å²) in [6.07, 6.45) is 1.18. The number of likely N-dealkylation sites (N-methyl/N-ethyl adjacent to an activating group) is 1. The molecule has 0 radical (unpaired) electrons. The highest BCUT2D eigenvalue weighted by Crippen LogP contribution is 2.33. The minimum Gasteiger partial charge on any atom is -0.379 e. The maximum atomic E-state index is 12.3. The van der Waals surface area contributed by atoms with E-state index in [0.29, 0.717) is 12.5 Å². The number of rotatable bonds is 4. The number of amides is 1. The van der Waals surface area contributed by atoms with Gasteiger partial charge in [-0.2, -0.15) is 0 Å². The molecule has 1 atom stereocenters. The molecule has 1 amide bonds. The average molecular weight is 283 g/mol. The molecular weight excluding hydrogens is 254 g/mol. The van der Waals surface area contributed by atoms with Crippen molar-refractivity contribution in [3.8, 4) is 0 Å². The molecule has 0 unspecified atom stereocenters. The fourth-order valence-corrected chi connectivity index (χ4v) is 3.12. The van der Waals surface area contributed by atoms with E-state index in [0.717, 1.165) is 39.4 Å². The molecule has 0 spiro atoms. The van der Waals surface area contributed by atoms with Crippen molar-refractivity contribution in [2.45, 2.75) is 25.8 Å². The molecule has 2 aliphatic heterocycles. The summed E-state index contributed by atoms with van der Waals surface area (Å²) in [5, 5.41) is 0. The van der Waals surface area contributed by atoms with Gasteiger partial charge in [0.1, 0.15) is 0 Å². The highest BCUT2D eigenvalue weighted by Gasteiger charge is 2.39. The third-order valence-electron chi connectivity index (χ3n) is 5.18. The molecule has 116 valence electrons. The first-order valence-electron chi connectivity index (χ1n) is 7.66. The first kappa shape index (κ1) is 15.7. The van der Waals surface area contributed by atoms with Crippen LogP contribution in [0.1, 0.15) is 20.3 Å². The number of hydrogen-bond acceptors (Lipinski definition) is 4. The predicted octanol–water partition coefficient (Wildman–Crippen LogP) is 0.507. The van der Waals surface area contributed by atoms with Crippen LogP contribution in [0.4, 0.5) is 0 Å². The molecule has 2 heterocycles. The van der Waals surface area contributed by atoms with Crippen LogP contribution in [-0.2, 0) is 9.53 Å². The fourth-order valence-electron chi connectivity index (χ4n) is 3.12. The van der Waals surface area contributed by atoms with Crippen molar-refractivity contribution in [2.24, 2.45) is 5.92 Å². The Morgan fingerprint density at radius 2 is 1.95 bits per heavy atom. The summed E-state index contributed by atoms with van der Waals surface area (Å²) in [5.41, 5.74) is 0.188. The minimum atomic E-state index is 0.188. The van der Waals surface area contributed by atoms with Crippen LogP contribution in [0.15, 0.2) is 0 Å². The van der Waals surface area contributed by atoms with Crippen LogP contribution in [0.2, 0.25) is 0 Å². The maximum Gasteiger partial charge on any atom is 0.236 e. The Morgan fingerprint density at radius 3 is 2.50 bits per heavy atom. The Kier molecular flexibility index (Phi) is 5.04. The van der Waals surface area contributed by atoms with Gasteiger partial charge in [-0.15, -0.1) is 0 Å². The predicted molar refractivity (Wildman–Crippen MR) is 79.7 cm³/mol. The van der Waals surface area contributed by atoms with Crippen molar-refractivity contribution in [1.29, 1.82) is 0 Å². The minimum absolute atomic E-state index is 0.188. The lowest BCUT2D eigenvalue weighted by Crippen LogP contribution is -2.48. The lowest BCUT2D eigenvalue weighted by atomic mass is 9.88. The molecule has 0 bridgehead atoms. The molecule has 0 aliphatic carbocycles. The quantitative estimate of drug-likeness (QED) is 0.753. The van der Waals surface area contributed by atoms with Gasteiger partial charge in [0, 0.05) is 32.2 Å². The summed E-state index contributed by atoms with van der Waals surface area (Å²) in [6.45, 7) is 10.3. The van der Waals surface area contributed by atoms with E-state index in [1.165, 1.54) is 6.42 Å². The Labute approximate surface area is 122 Å². The lowest BCUT2D eigenvalue weighted by Gasteiger charge is -2.36. The second-order valence-corrected chi connectivity index (χ2v) is 6.72. The molecule has 5 nitrogen and oxygen atoms in total. The van der Waals surface area contributed by atoms with Crippen LogP contribution in [-0.4, -0.2) is 86.2 Å². The van der Waals surface area contributed by atoms with Gasteiger partial charge in [0.15, 0.2) is 0 Å². The average Bonchev–Trinajstić information content (AvgIpc) is 2.66. The maximum absolute atomic E-state index is 12.3. The second kappa shape index (κ2) is 6.41. The number of ether oxygens (including phenoxy) is 1. The monoisotopic (exact) mass is 283 g/mol. The summed E-state index contributed by atoms with van der Waals surface area (Å²) < 4.78 is 5.32. The fraction of sp³-hybridized carbons (Fsp3) is 0.933. The topological polar surface area (TPSA) is 36.0 Å². The first-order valence-corrected chi connectivity index (χ1v) is 7.66. The Bertz CT molecular complexity index is 340. The zero-order valence-electron chi connectivity index (χ0n) is 13.4. The highest BCUT2D eigenvalue weighted by atomic mass is 16.5. The molecule has 2 saturated heterocycles. The SMILES string of the molecule is CN(C[C@H]1CCN(C)C1(C)C)C(=O)CN1CCOCC1. The van der Waals surface area contributed by atoms with E-state index in [2.05, 4.69) is 30.7 Å². The van der Waals surface area contributed by atoms with E-state index >= 15 is 0 Å². The Balaban J connectivity index is 1.81. The van der Waals surface area contributed by atoms with Crippen molar-refractivity contribution in [2.75, 3.05) is 60.0 Å². The summed E-state index contributed by atoms with van der Waals surface area (Å²) >= 11 is 0. The number of carbonyl (C=O) groups excluding carboxylic acids is 1. The molecule has 2 aliphatic rings. The molecule has 0 aromatic rings. The number of morpholine rings is 1. The van der Waals surface area contributed by atoms with Gasteiger partial charge in [-0.25, -0.2) is 0 Å². The van der Waals surface area contributed by atoms with Crippen molar-refractivity contribution in [1.82, 2.24) is 14.7 Å². The van der Waals surface area contributed by atoms with Crippen molar-refractivity contribution < 1.29 is 9.53 Å². The van der Waals surface area contributed by atoms with E-state index in [9.17, 15) is 4.79 Å². The molecule has 0 N–H and O–H groups in total. The Morgan fingerprint density at radius 1 is 1.30 bits per heavy atom. The molecule has 0 aromatic carbocycles. The van der Waals surface area contributed by atoms with Gasteiger partial charge in [-0.3, -0.25) is 9.69 Å². The summed E-state index contributed by atoms with van der Waals surface area (Å²) in [6, 6.07) is 0. The zero-order valence-corrected chi connectivity index (χ0v) is 13.4. The molecule has 0 aromatic heterocycles. The van der Waals surface area contributed by atoms with Gasteiger partial charge >= 0.3 is 0 Å². The van der Waals surface area contributed by atoms with Crippen LogP contribution in [0, 0.1) is 5.92 Å². The van der Waals surface area contributed by atoms with E-state index in [1.54, 1.807) is 0 Å². The van der Waals surface area contributed by atoms with Gasteiger partial charge in [0.25, 0.3) is 0 Å². The van der Waals surface area contributed by atoms with Crippen LogP contribution >= 0.6 is 0 Å². The van der Waals surface area contributed by atoms with Gasteiger partial charge in [0.05, 0.1) is 19.8 Å². The van der Waals surface area contributed by atoms with Gasteiger partial charge < -0.3 is 14.5 Å². The van der Waals surface area contributed by atoms with E-state index in [1.807, 2.05) is 11.9 Å². The van der Waals surface area contributed by atoms with Crippen LogP contribution in [0.25, 0.3) is 0 Å². The van der Waals surface area contributed by atoms with Crippen LogP contribution < -0.4 is 0 Å². The van der Waals surface area contributed by atoms with Crippen LogP contribution in [0.5, 0.6) is 0 Å². The smallest absolute Gasteiger partial charge is 0.236 e. The molecule has 2 rings (SSSR count). The molecule has 2 fully saturated rings. The van der Waals surface area contributed by atoms with Gasteiger partial charge in [-0.1, -0.05) is 0 Å². The Hall–Kier alpha value is -0.650. The van der Waals surface area contributed by atoms with Crippen molar-refractivity contribution in [3.63, 3.8) is 0 Å². The third-order valence-corrected chi connectivity index (χ3v) is 5.18. The standard InChI is InChI=1S/C15H29N3O2/c1-15(2)13(5-6-17(15)4)11-16(3)14(19)12-18-7-9-20-10-8-18/h13H,5-12H2,1-4H3/t13-/m1/s1. The molecule has 20 heavy (non-hydrogen) atoms. The third kappa shape index (κ3) is 3.51. The van der Waals surface area contributed by atoms with Gasteiger partial charge in [-0.05, 0) is 39.8 Å². The first-order chi connectivity index (χ1) is 9.41. The molecular formula is C15H29N3O2. The van der Waals surface area contributed by atoms with Gasteiger partial charge in [0.2, 0.25) is 5.91 Å². The largest absolute Gasteiger partial charge is 0.379 e. The van der Waals surface area contributed by atoms with Crippen molar-refractivity contribution >= 4 is 5.91 Å². The normalized spacial score (nSPS) is 27.7. The van der Waals surface area contributed by atoms with E-state index < -0.39 is 0 Å². The summed E-state index contributed by atoms with van der Waals surface area (Å²) in [7, 11) is 4.12. The number of nitrogens with zero attached hydrogens (tertiary/aromatic N) is 3. The lowest BCUT2D eigenvalue weighted by molar-refractivity contribution is -0.133. The second-order valence-electron chi connectivity index (χ2n) is 6.72. The van der Waals surface area contributed by atoms with E-state index in [4.69, 9.17) is 4.74 Å². The van der Waals surface area contributed by atoms with Crippen LogP contribution in [0.3, 0.4) is 0 Å². The van der Waals surface area contributed by atoms with E-state index in [-0.39, 0.29) is 11.4 Å². The molecule has 0 saturated carbocycles. The number of carbonyl (C=O) groups is 1. The molecule has 5 heteroatoms. The number of likely N-dealkylation sites (tertiary alicyclic amines) is 1. The van der Waals surface area contributed by atoms with Crippen molar-refractivity contribution in [3.05, 3.63) is 0 Å². The summed E-state index contributed by atoms with van der Waals surface area (Å²) in [5.74, 6) is 0.795. The number of hydrogen-bond donors (Lipinski definition) is 0. The highest BCUT2D eigenvalue weighted by molar-refractivity contribution is 5.78. The zero-order chi connectivity index (χ0) is 14.8.